The molecule has 7 aromatic rings. The van der Waals surface area contributed by atoms with Gasteiger partial charge in [0.05, 0.1) is 55.8 Å². The molecule has 3 aromatic heterocycles. The van der Waals surface area contributed by atoms with Gasteiger partial charge in [0.25, 0.3) is 0 Å². The Labute approximate surface area is 671 Å². The number of carbonyl (C=O) groups is 14. The van der Waals surface area contributed by atoms with Gasteiger partial charge >= 0.3 is 0 Å². The summed E-state index contributed by atoms with van der Waals surface area (Å²) in [4.78, 5) is 222. The van der Waals surface area contributed by atoms with Gasteiger partial charge in [0.15, 0.2) is 5.96 Å². The summed E-state index contributed by atoms with van der Waals surface area (Å²) in [5, 5.41) is 54.0. The van der Waals surface area contributed by atoms with Crippen LogP contribution < -0.4 is 80.6 Å². The van der Waals surface area contributed by atoms with Crippen molar-refractivity contribution in [1.29, 1.82) is 5.41 Å². The summed E-state index contributed by atoms with van der Waals surface area (Å²) >= 11 is 0.826. The molecule has 0 saturated carbocycles. The Kier molecular flexibility index (Phi) is 33.9. The van der Waals surface area contributed by atoms with E-state index in [-0.39, 0.29) is 87.9 Å². The SMILES string of the molecule is CC[C@@H]1NC(=O)[C@H](Cc2ccccc2)NC(=O)CSC[C@@H](C(=O)NCC(N)=O)NC(=O)[C@H](Cc2cncn2C)NC(=O)[C@H](CC)NC(=O)[C@H](Cc2c[nH]cn2)NC(=O)[C@H](Cc2ccccc2)N(C)C(=O)[C@H](CCCNC(=N)N)NC(=O)[C@H](CO)NC(=O)CNC(=O)C(Cc2c[nH]cn2)NC(=O)[C@H](Cc2cccc3ccccc23)NC1=O. The smallest absolute Gasteiger partial charge is 0.245 e. The second-order valence-electron chi connectivity index (χ2n) is 27.5. The Morgan fingerprint density at radius 2 is 1.04 bits per heavy atom. The number of aliphatic hydroxyl groups excluding tert-OH is 1. The predicted octanol–water partition coefficient (Wildman–Crippen LogP) is -4.01. The number of likely N-dealkylation sites (N-methyl/N-ethyl adjacent to an activating group) is 1. The van der Waals surface area contributed by atoms with Crippen LogP contribution >= 0.6 is 11.8 Å². The van der Waals surface area contributed by atoms with Gasteiger partial charge in [0.1, 0.15) is 66.5 Å². The number of benzene rings is 4. The number of carbonyl (C=O) groups excluding carboxylic acids is 14. The molecule has 1 aliphatic heterocycles. The van der Waals surface area contributed by atoms with Crippen LogP contribution in [0.4, 0.5) is 0 Å². The quantitative estimate of drug-likeness (QED) is 0.0175. The van der Waals surface area contributed by atoms with Crippen molar-refractivity contribution in [2.45, 2.75) is 145 Å². The number of aryl methyl sites for hydroxylation is 1. The van der Waals surface area contributed by atoms with Gasteiger partial charge in [0, 0.05) is 89.2 Å². The number of rotatable bonds is 22. The molecule has 116 heavy (non-hydrogen) atoms. The molecule has 11 atom stereocenters. The van der Waals surface area contributed by atoms with E-state index in [2.05, 4.69) is 94.0 Å². The molecule has 1 fully saturated rings. The third-order valence-electron chi connectivity index (χ3n) is 19.0. The van der Waals surface area contributed by atoms with Crippen LogP contribution in [0.5, 0.6) is 0 Å². The highest BCUT2D eigenvalue weighted by Crippen LogP contribution is 2.22. The van der Waals surface area contributed by atoms with E-state index >= 15 is 14.4 Å². The molecule has 1 unspecified atom stereocenters. The number of hydrogen-bond donors (Lipinski definition) is 19. The van der Waals surface area contributed by atoms with Crippen molar-refractivity contribution in [3.8, 4) is 0 Å². The number of amides is 14. The lowest BCUT2D eigenvalue weighted by atomic mass is 9.97. The summed E-state index contributed by atoms with van der Waals surface area (Å²) in [7, 11) is 2.90. The number of nitrogens with one attached hydrogen (secondary N) is 16. The number of guanidine groups is 1. The van der Waals surface area contributed by atoms with E-state index in [1.54, 1.807) is 104 Å². The molecule has 0 aliphatic carbocycles. The van der Waals surface area contributed by atoms with Crippen LogP contribution in [0.1, 0.15) is 73.3 Å². The number of thioether (sulfide) groups is 1. The van der Waals surface area contributed by atoms with Crippen molar-refractivity contribution < 1.29 is 72.2 Å². The molecule has 1 saturated heterocycles. The largest absolute Gasteiger partial charge is 0.394 e. The van der Waals surface area contributed by atoms with Gasteiger partial charge in [-0.15, -0.1) is 11.8 Å². The molecular weight excluding hydrogens is 1520 g/mol. The Bertz CT molecular complexity index is 4550. The molecule has 0 bridgehead atoms. The van der Waals surface area contributed by atoms with Crippen LogP contribution in [0.25, 0.3) is 10.8 Å². The van der Waals surface area contributed by atoms with Gasteiger partial charge in [-0.1, -0.05) is 117 Å². The molecule has 21 N–H and O–H groups in total. The monoisotopic (exact) mass is 1620 g/mol. The highest BCUT2D eigenvalue weighted by molar-refractivity contribution is 8.00. The number of fused-ring (bicyclic) bond motifs is 1. The van der Waals surface area contributed by atoms with Crippen LogP contribution in [0.2, 0.25) is 0 Å². The topological polar surface area (TPSA) is 570 Å². The second kappa shape index (κ2) is 44.4. The average molecular weight is 1620 g/mol. The fraction of sp³-hybridized carbons (Fsp3) is 0.403. The average Bonchev–Trinajstić information content (AvgIpc) is 1.73. The summed E-state index contributed by atoms with van der Waals surface area (Å²) in [6.45, 7) is 0.529. The van der Waals surface area contributed by atoms with Crippen LogP contribution in [0.3, 0.4) is 0 Å². The van der Waals surface area contributed by atoms with E-state index in [0.29, 0.717) is 27.8 Å². The van der Waals surface area contributed by atoms with Crippen molar-refractivity contribution in [1.82, 2.24) is 104 Å². The lowest BCUT2D eigenvalue weighted by molar-refractivity contribution is -0.143. The van der Waals surface area contributed by atoms with Crippen LogP contribution in [0.15, 0.2) is 141 Å². The first kappa shape index (κ1) is 88.5. The number of primary amides is 1. The molecule has 1 aliphatic rings. The zero-order chi connectivity index (χ0) is 83.8. The summed E-state index contributed by atoms with van der Waals surface area (Å²) in [6.07, 6.45) is 6.68. The fourth-order valence-corrected chi connectivity index (χ4v) is 13.5. The normalized spacial score (nSPS) is 22.3. The minimum absolute atomic E-state index is 0.00206. The third-order valence-corrected chi connectivity index (χ3v) is 20.0. The van der Waals surface area contributed by atoms with Crippen molar-refractivity contribution in [3.63, 3.8) is 0 Å². The maximum atomic E-state index is 15.2. The Hall–Kier alpha value is -13.1. The number of imidazole rings is 3. The minimum Gasteiger partial charge on any atom is -0.394 e. The molecule has 8 rings (SSSR count). The van der Waals surface area contributed by atoms with Crippen LogP contribution in [-0.2, 0) is 113 Å². The van der Waals surface area contributed by atoms with Gasteiger partial charge < -0.3 is 105 Å². The van der Waals surface area contributed by atoms with Gasteiger partial charge in [-0.05, 0) is 53.1 Å². The van der Waals surface area contributed by atoms with Crippen LogP contribution in [0, 0.1) is 5.41 Å². The molecule has 0 radical (unpaired) electrons. The molecule has 14 amide bonds. The van der Waals surface area contributed by atoms with E-state index in [4.69, 9.17) is 16.9 Å². The summed E-state index contributed by atoms with van der Waals surface area (Å²) in [6, 6.07) is 12.8. The van der Waals surface area contributed by atoms with Gasteiger partial charge in [-0.2, -0.15) is 0 Å². The van der Waals surface area contributed by atoms with Crippen LogP contribution in [-0.4, -0.2) is 239 Å². The molecular formula is C77H99N23O15S. The first-order chi connectivity index (χ1) is 55.7. The number of nitrogens with two attached hydrogens (primary N) is 2. The van der Waals surface area contributed by atoms with E-state index in [1.807, 2.05) is 24.3 Å². The van der Waals surface area contributed by atoms with Gasteiger partial charge in [-0.25, -0.2) is 15.0 Å². The standard InChI is InChI=1S/C77H99N23O15S/c1-5-52-68(107)94-56(29-47-23-15-22-46-21-13-14-24-51(46)47)71(110)95-57(30-48-33-81-41-87-48)66(105)86-37-64(103)90-60(38-101)74(113)93-54(25-16-26-84-77(79)80)76(115)100(4)62(28-45-19-11-8-12-20-45)75(114)97-58(31-49-34-82-42-88-49)72(111)92-53(6-2)69(108)96-59(32-50-35-83-43-99(50)3)73(112)98-61(67(106)85-36-63(78)102)39-116-40-65(104)89-55(70(109)91-52)27-44-17-9-7-10-18-44/h7-15,17-24,33-35,41-43,52-62,101H,5-6,16,25-32,36-40H2,1-4H3,(H2,78,102)(H,81,87)(H,82,88)(H,85,106)(H,86,105)(H,89,104)(H,90,103)(H,91,109)(H,92,111)(H,93,113)(H,94,107)(H,95,110)(H,96,108)(H,97,114)(H,98,112)(H4,79,80,84)/t52-,53-,54-,55-,56-,57?,58-,59-,60-,61-,62-/m0/s1. The number of H-pyrrole nitrogens is 2. The van der Waals surface area contributed by atoms with E-state index in [1.165, 1.54) is 44.6 Å². The van der Waals surface area contributed by atoms with E-state index < -0.39 is 181 Å². The van der Waals surface area contributed by atoms with E-state index in [9.17, 15) is 57.8 Å². The van der Waals surface area contributed by atoms with Crippen molar-refractivity contribution in [3.05, 3.63) is 174 Å². The van der Waals surface area contributed by atoms with Gasteiger partial charge in [-0.3, -0.25) is 72.5 Å². The number of aromatic nitrogens is 6. The zero-order valence-electron chi connectivity index (χ0n) is 64.4. The minimum atomic E-state index is -1.81. The third kappa shape index (κ3) is 27.1. The molecule has 39 heteroatoms. The number of nitrogens with zero attached hydrogens (tertiary/aromatic N) is 5. The Balaban J connectivity index is 1.16. The molecule has 38 nitrogen and oxygen atoms in total. The zero-order valence-corrected chi connectivity index (χ0v) is 65.2. The molecule has 4 aromatic carbocycles. The van der Waals surface area contributed by atoms with Crippen molar-refractivity contribution >= 4 is 111 Å². The number of aromatic amines is 2. The highest BCUT2D eigenvalue weighted by Gasteiger charge is 2.39. The molecule has 4 heterocycles. The highest BCUT2D eigenvalue weighted by atomic mass is 32.2. The molecule has 618 valence electrons. The first-order valence-electron chi connectivity index (χ1n) is 37.5. The second-order valence-corrected chi connectivity index (χ2v) is 28.6. The summed E-state index contributed by atoms with van der Waals surface area (Å²) in [5.41, 5.74) is 13.6. The summed E-state index contributed by atoms with van der Waals surface area (Å²) < 4.78 is 1.56. The fourth-order valence-electron chi connectivity index (χ4n) is 12.6. The lowest BCUT2D eigenvalue weighted by Gasteiger charge is -2.33. The van der Waals surface area contributed by atoms with Gasteiger partial charge in [0.2, 0.25) is 82.7 Å². The molecule has 0 spiro atoms. The maximum absolute atomic E-state index is 15.2. The Morgan fingerprint density at radius 1 is 0.543 bits per heavy atom. The maximum Gasteiger partial charge on any atom is 0.245 e. The Morgan fingerprint density at radius 3 is 1.60 bits per heavy atom. The number of aliphatic hydroxyl groups is 1. The first-order valence-corrected chi connectivity index (χ1v) is 38.7. The lowest BCUT2D eigenvalue weighted by Crippen LogP contribution is -2.61. The van der Waals surface area contributed by atoms with Crippen molar-refractivity contribution in [2.75, 3.05) is 44.8 Å². The summed E-state index contributed by atoms with van der Waals surface area (Å²) in [5.74, 6) is -14.2. The number of hydrogen-bond acceptors (Lipinski definition) is 20. The van der Waals surface area contributed by atoms with Crippen molar-refractivity contribution in [2.24, 2.45) is 18.5 Å². The predicted molar refractivity (Wildman–Crippen MR) is 425 cm³/mol. The van der Waals surface area contributed by atoms with E-state index in [0.717, 1.165) is 22.0 Å².